The van der Waals surface area contributed by atoms with Gasteiger partial charge in [0.15, 0.2) is 0 Å². The molecular weight excluding hydrogens is 421 g/mol. The molecule has 1 amide bonds. The van der Waals surface area contributed by atoms with E-state index in [1.54, 1.807) is 61.5 Å². The molecule has 8 heteroatoms. The van der Waals surface area contributed by atoms with E-state index < -0.39 is 23.6 Å². The van der Waals surface area contributed by atoms with Gasteiger partial charge < -0.3 is 15.3 Å². The van der Waals surface area contributed by atoms with Crippen molar-refractivity contribution < 1.29 is 27.9 Å². The normalized spacial score (nSPS) is 11.2. The molecule has 0 aliphatic carbocycles. The number of alkyl halides is 3. The van der Waals surface area contributed by atoms with Gasteiger partial charge in [-0.05, 0) is 47.0 Å². The Morgan fingerprint density at radius 3 is 2.22 bits per heavy atom. The van der Waals surface area contributed by atoms with Crippen molar-refractivity contribution in [1.29, 1.82) is 0 Å². The second-order valence-electron chi connectivity index (χ2n) is 7.39. The van der Waals surface area contributed by atoms with E-state index in [-0.39, 0.29) is 6.42 Å². The number of rotatable bonds is 6. The summed E-state index contributed by atoms with van der Waals surface area (Å²) in [4.78, 5) is 25.8. The largest absolute Gasteiger partial charge is 0.481 e. The van der Waals surface area contributed by atoms with E-state index in [4.69, 9.17) is 5.11 Å². The summed E-state index contributed by atoms with van der Waals surface area (Å²) in [6.07, 6.45) is -4.59. The van der Waals surface area contributed by atoms with Crippen molar-refractivity contribution in [3.63, 3.8) is 0 Å². The monoisotopic (exact) mass is 442 g/mol. The third kappa shape index (κ3) is 5.26. The summed E-state index contributed by atoms with van der Waals surface area (Å²) in [5.74, 6) is -1.40. The van der Waals surface area contributed by atoms with Crippen LogP contribution in [0.5, 0.6) is 0 Å². The quantitative estimate of drug-likeness (QED) is 0.542. The number of hydrogen-bond donors (Lipinski definition) is 2. The zero-order valence-corrected chi connectivity index (χ0v) is 17.4. The summed E-state index contributed by atoms with van der Waals surface area (Å²) in [5, 5.41) is 11.8. The first-order chi connectivity index (χ1) is 15.1. The summed E-state index contributed by atoms with van der Waals surface area (Å²) in [6.45, 7) is 0. The van der Waals surface area contributed by atoms with Crippen LogP contribution in [0.2, 0.25) is 0 Å². The minimum atomic E-state index is -4.44. The van der Waals surface area contributed by atoms with Gasteiger partial charge >= 0.3 is 12.1 Å². The maximum Gasteiger partial charge on any atom is 0.416 e. The number of carboxylic acid groups (broad SMARTS) is 1. The molecule has 0 atom stereocenters. The first-order valence-corrected chi connectivity index (χ1v) is 9.66. The lowest BCUT2D eigenvalue weighted by Crippen LogP contribution is -2.18. The first-order valence-electron chi connectivity index (χ1n) is 9.66. The third-order valence-electron chi connectivity index (χ3n) is 4.84. The average molecular weight is 442 g/mol. The number of benzene rings is 3. The predicted octanol–water partition coefficient (Wildman–Crippen LogP) is 5.32. The molecule has 0 spiro atoms. The van der Waals surface area contributed by atoms with Crippen molar-refractivity contribution in [3.8, 4) is 11.1 Å². The number of carboxylic acids is 1. The van der Waals surface area contributed by atoms with Gasteiger partial charge in [0.25, 0.3) is 5.91 Å². The zero-order chi connectivity index (χ0) is 23.5. The van der Waals surface area contributed by atoms with Crippen LogP contribution in [0.25, 0.3) is 11.1 Å². The SMILES string of the molecule is CN(C)c1cc(CC(=O)O)ccc1NC(=O)c1ccccc1-c1ccc(C(F)(F)F)cc1. The number of anilines is 2. The lowest BCUT2D eigenvalue weighted by Gasteiger charge is -2.20. The summed E-state index contributed by atoms with van der Waals surface area (Å²) in [7, 11) is 3.54. The number of hydrogen-bond acceptors (Lipinski definition) is 3. The molecule has 0 aliphatic rings. The highest BCUT2D eigenvalue weighted by atomic mass is 19.4. The Hall–Kier alpha value is -3.81. The van der Waals surface area contributed by atoms with Gasteiger partial charge in [-0.1, -0.05) is 36.4 Å². The number of aliphatic carboxylic acids is 1. The van der Waals surface area contributed by atoms with Crippen LogP contribution < -0.4 is 10.2 Å². The minimum absolute atomic E-state index is 0.147. The van der Waals surface area contributed by atoms with E-state index in [9.17, 15) is 22.8 Å². The second-order valence-corrected chi connectivity index (χ2v) is 7.39. The molecule has 0 saturated heterocycles. The van der Waals surface area contributed by atoms with Crippen LogP contribution in [0, 0.1) is 0 Å². The van der Waals surface area contributed by atoms with Gasteiger partial charge in [-0.25, -0.2) is 0 Å². The van der Waals surface area contributed by atoms with E-state index >= 15 is 0 Å². The van der Waals surface area contributed by atoms with E-state index in [1.165, 1.54) is 12.1 Å². The highest BCUT2D eigenvalue weighted by molar-refractivity contribution is 6.10. The summed E-state index contributed by atoms with van der Waals surface area (Å²) >= 11 is 0. The molecule has 0 unspecified atom stereocenters. The molecule has 3 rings (SSSR count). The fourth-order valence-corrected chi connectivity index (χ4v) is 3.30. The highest BCUT2D eigenvalue weighted by Gasteiger charge is 2.30. The number of carbonyl (C=O) groups excluding carboxylic acids is 1. The molecule has 0 fully saturated rings. The van der Waals surface area contributed by atoms with Crippen LogP contribution in [0.3, 0.4) is 0 Å². The first kappa shape index (κ1) is 22.9. The maximum absolute atomic E-state index is 13.1. The Bertz CT molecular complexity index is 1140. The topological polar surface area (TPSA) is 69.6 Å². The van der Waals surface area contributed by atoms with Crippen molar-refractivity contribution in [2.75, 3.05) is 24.3 Å². The van der Waals surface area contributed by atoms with Crippen molar-refractivity contribution in [3.05, 3.63) is 83.4 Å². The van der Waals surface area contributed by atoms with E-state index in [0.717, 1.165) is 12.1 Å². The molecule has 3 aromatic carbocycles. The third-order valence-corrected chi connectivity index (χ3v) is 4.84. The minimum Gasteiger partial charge on any atom is -0.481 e. The zero-order valence-electron chi connectivity index (χ0n) is 17.4. The van der Waals surface area contributed by atoms with E-state index in [0.29, 0.717) is 33.6 Å². The standard InChI is InChI=1S/C24H21F3N2O3/c1-29(2)21-13-15(14-22(30)31)7-12-20(21)28-23(32)19-6-4-3-5-18(19)16-8-10-17(11-9-16)24(25,26)27/h3-13H,14H2,1-2H3,(H,28,32)(H,30,31). The smallest absolute Gasteiger partial charge is 0.416 e. The number of halogens is 3. The molecule has 0 heterocycles. The molecule has 2 N–H and O–H groups in total. The number of nitrogens with zero attached hydrogens (tertiary/aromatic N) is 1. The highest BCUT2D eigenvalue weighted by Crippen LogP contribution is 2.32. The van der Waals surface area contributed by atoms with Crippen LogP contribution in [0.15, 0.2) is 66.7 Å². The van der Waals surface area contributed by atoms with Crippen LogP contribution >= 0.6 is 0 Å². The summed E-state index contributed by atoms with van der Waals surface area (Å²) in [6, 6.07) is 16.2. The Labute approximate surface area is 183 Å². The molecule has 0 aliphatic heterocycles. The maximum atomic E-state index is 13.1. The lowest BCUT2D eigenvalue weighted by molar-refractivity contribution is -0.138. The van der Waals surface area contributed by atoms with Gasteiger partial charge in [-0.2, -0.15) is 13.2 Å². The Morgan fingerprint density at radius 1 is 0.969 bits per heavy atom. The Balaban J connectivity index is 1.92. The van der Waals surface area contributed by atoms with E-state index in [2.05, 4.69) is 5.32 Å². The number of nitrogens with one attached hydrogen (secondary N) is 1. The van der Waals surface area contributed by atoms with Gasteiger partial charge in [0, 0.05) is 19.7 Å². The molecular formula is C24H21F3N2O3. The van der Waals surface area contributed by atoms with Crippen LogP contribution in [0.4, 0.5) is 24.5 Å². The fourth-order valence-electron chi connectivity index (χ4n) is 3.30. The molecule has 32 heavy (non-hydrogen) atoms. The van der Waals surface area contributed by atoms with Gasteiger partial charge in [-0.3, -0.25) is 9.59 Å². The Kier molecular flexibility index (Phi) is 6.53. The lowest BCUT2D eigenvalue weighted by atomic mass is 9.98. The van der Waals surface area contributed by atoms with Gasteiger partial charge in [-0.15, -0.1) is 0 Å². The van der Waals surface area contributed by atoms with Crippen molar-refractivity contribution in [1.82, 2.24) is 0 Å². The van der Waals surface area contributed by atoms with E-state index in [1.807, 2.05) is 0 Å². The van der Waals surface area contributed by atoms with Crippen LogP contribution in [-0.4, -0.2) is 31.1 Å². The Morgan fingerprint density at radius 2 is 1.62 bits per heavy atom. The number of carbonyl (C=O) groups is 2. The molecule has 5 nitrogen and oxygen atoms in total. The van der Waals surface area contributed by atoms with Crippen molar-refractivity contribution >= 4 is 23.3 Å². The molecule has 3 aromatic rings. The molecule has 0 aromatic heterocycles. The average Bonchev–Trinajstić information content (AvgIpc) is 2.73. The van der Waals surface area contributed by atoms with Gasteiger partial charge in [0.2, 0.25) is 0 Å². The summed E-state index contributed by atoms with van der Waals surface area (Å²) in [5.41, 5.74) is 2.21. The van der Waals surface area contributed by atoms with Gasteiger partial charge in [0.1, 0.15) is 0 Å². The molecule has 0 bridgehead atoms. The molecule has 166 valence electrons. The van der Waals surface area contributed by atoms with Crippen molar-refractivity contribution in [2.24, 2.45) is 0 Å². The fraction of sp³-hybridized carbons (Fsp3) is 0.167. The predicted molar refractivity (Wildman–Crippen MR) is 117 cm³/mol. The molecule has 0 saturated carbocycles. The second kappa shape index (κ2) is 9.13. The van der Waals surface area contributed by atoms with Crippen molar-refractivity contribution in [2.45, 2.75) is 12.6 Å². The van der Waals surface area contributed by atoms with Gasteiger partial charge in [0.05, 0.1) is 23.4 Å². The van der Waals surface area contributed by atoms with Crippen LogP contribution in [-0.2, 0) is 17.4 Å². The number of amides is 1. The van der Waals surface area contributed by atoms with Crippen LogP contribution in [0.1, 0.15) is 21.5 Å². The molecule has 0 radical (unpaired) electrons. The summed E-state index contributed by atoms with van der Waals surface area (Å²) < 4.78 is 38.6.